The van der Waals surface area contributed by atoms with E-state index in [9.17, 15) is 0 Å². The molecule has 0 radical (unpaired) electrons. The normalized spacial score (nSPS) is 18.9. The van der Waals surface area contributed by atoms with E-state index in [1.165, 1.54) is 31.2 Å². The van der Waals surface area contributed by atoms with Crippen molar-refractivity contribution in [3.63, 3.8) is 0 Å². The van der Waals surface area contributed by atoms with Gasteiger partial charge in [-0.1, -0.05) is 30.3 Å². The summed E-state index contributed by atoms with van der Waals surface area (Å²) in [5.74, 6) is 3.83. The Labute approximate surface area is 128 Å². The topological polar surface area (TPSA) is 36.4 Å². The van der Waals surface area contributed by atoms with Gasteiger partial charge in [0.25, 0.3) is 0 Å². The van der Waals surface area contributed by atoms with E-state index in [2.05, 4.69) is 46.0 Å². The fraction of sp³-hybridized carbons (Fsp3) is 0.611. The Hall–Kier alpha value is -1.51. The van der Waals surface area contributed by atoms with E-state index in [1.54, 1.807) is 0 Å². The van der Waals surface area contributed by atoms with Gasteiger partial charge in [-0.3, -0.25) is 4.99 Å². The first-order valence-electron chi connectivity index (χ1n) is 8.35. The minimum Gasteiger partial charge on any atom is -0.356 e. The van der Waals surface area contributed by atoms with Crippen molar-refractivity contribution in [2.75, 3.05) is 20.1 Å². The molecule has 3 heteroatoms. The third kappa shape index (κ3) is 4.48. The number of nitrogens with zero attached hydrogens (tertiary/aromatic N) is 1. The molecule has 21 heavy (non-hydrogen) atoms. The molecule has 3 nitrogen and oxygen atoms in total. The summed E-state index contributed by atoms with van der Waals surface area (Å²) in [6, 6.07) is 10.6. The fourth-order valence-electron chi connectivity index (χ4n) is 3.17. The summed E-state index contributed by atoms with van der Waals surface area (Å²) in [5.41, 5.74) is 1.37. The molecule has 3 rings (SSSR count). The highest BCUT2D eigenvalue weighted by atomic mass is 15.2. The van der Waals surface area contributed by atoms with Gasteiger partial charge in [0.2, 0.25) is 0 Å². The van der Waals surface area contributed by atoms with Crippen molar-refractivity contribution in [2.45, 2.75) is 32.1 Å². The summed E-state index contributed by atoms with van der Waals surface area (Å²) < 4.78 is 0. The highest BCUT2D eigenvalue weighted by Gasteiger charge is 2.41. The van der Waals surface area contributed by atoms with Crippen LogP contribution in [0.1, 0.15) is 31.2 Å². The van der Waals surface area contributed by atoms with Crippen LogP contribution in [0.4, 0.5) is 0 Å². The Kier molecular flexibility index (Phi) is 4.79. The lowest BCUT2D eigenvalue weighted by Crippen LogP contribution is -2.41. The van der Waals surface area contributed by atoms with Gasteiger partial charge in [-0.15, -0.1) is 0 Å². The van der Waals surface area contributed by atoms with Gasteiger partial charge in [0.05, 0.1) is 0 Å². The predicted molar refractivity (Wildman–Crippen MR) is 88.4 cm³/mol. The molecule has 0 unspecified atom stereocenters. The van der Waals surface area contributed by atoms with E-state index in [4.69, 9.17) is 0 Å². The molecule has 0 saturated heterocycles. The third-order valence-corrected chi connectivity index (χ3v) is 4.73. The zero-order valence-corrected chi connectivity index (χ0v) is 13.0. The Balaban J connectivity index is 1.38. The van der Waals surface area contributed by atoms with E-state index in [-0.39, 0.29) is 0 Å². The summed E-state index contributed by atoms with van der Waals surface area (Å²) in [4.78, 5) is 4.35. The maximum atomic E-state index is 4.35. The number of guanidine groups is 1. The Morgan fingerprint density at radius 1 is 1.10 bits per heavy atom. The van der Waals surface area contributed by atoms with Crippen LogP contribution in [0.5, 0.6) is 0 Å². The molecule has 0 atom stereocenters. The number of rotatable bonds is 7. The van der Waals surface area contributed by atoms with Crippen LogP contribution in [0.3, 0.4) is 0 Å². The van der Waals surface area contributed by atoms with Gasteiger partial charge in [0.15, 0.2) is 5.96 Å². The first-order chi connectivity index (χ1) is 10.4. The lowest BCUT2D eigenvalue weighted by molar-refractivity contribution is 0.400. The summed E-state index contributed by atoms with van der Waals surface area (Å²) in [6.45, 7) is 2.03. The number of benzene rings is 1. The molecule has 0 heterocycles. The first-order valence-corrected chi connectivity index (χ1v) is 8.35. The molecule has 1 aromatic rings. The van der Waals surface area contributed by atoms with Crippen molar-refractivity contribution in [1.29, 1.82) is 0 Å². The van der Waals surface area contributed by atoms with Crippen molar-refractivity contribution in [3.05, 3.63) is 35.9 Å². The molecule has 2 N–H and O–H groups in total. The van der Waals surface area contributed by atoms with E-state index in [0.717, 1.165) is 43.2 Å². The molecule has 2 aliphatic carbocycles. The maximum absolute atomic E-state index is 4.35. The molecule has 1 aromatic carbocycles. The molecule has 2 saturated carbocycles. The molecule has 114 valence electrons. The second kappa shape index (κ2) is 6.97. The van der Waals surface area contributed by atoms with Crippen LogP contribution in [-0.2, 0) is 6.42 Å². The first kappa shape index (κ1) is 14.4. The molecule has 2 fully saturated rings. The fourth-order valence-corrected chi connectivity index (χ4v) is 3.17. The largest absolute Gasteiger partial charge is 0.356 e. The minimum atomic E-state index is 0.887. The van der Waals surface area contributed by atoms with E-state index < -0.39 is 0 Å². The summed E-state index contributed by atoms with van der Waals surface area (Å²) >= 11 is 0. The van der Waals surface area contributed by atoms with Gasteiger partial charge in [-0.2, -0.15) is 0 Å². The second-order valence-electron chi connectivity index (χ2n) is 6.45. The average Bonchev–Trinajstić information content (AvgIpc) is 3.39. The van der Waals surface area contributed by atoms with Gasteiger partial charge >= 0.3 is 0 Å². The smallest absolute Gasteiger partial charge is 0.190 e. The molecule has 0 aromatic heterocycles. The van der Waals surface area contributed by atoms with Crippen molar-refractivity contribution < 1.29 is 0 Å². The van der Waals surface area contributed by atoms with Crippen LogP contribution in [0.2, 0.25) is 0 Å². The maximum Gasteiger partial charge on any atom is 0.190 e. The predicted octanol–water partition coefficient (Wildman–Crippen LogP) is 2.83. The minimum absolute atomic E-state index is 0.887. The SMILES string of the molecule is CN=C(NCCc1ccccc1)NCC(C1CC1)C1CC1. The lowest BCUT2D eigenvalue weighted by atomic mass is 9.98. The molecular formula is C18H27N3. The van der Waals surface area contributed by atoms with E-state index in [1.807, 2.05) is 7.05 Å². The molecule has 0 aliphatic heterocycles. The zero-order chi connectivity index (χ0) is 14.5. The molecule has 0 spiro atoms. The number of hydrogen-bond acceptors (Lipinski definition) is 1. The molecule has 0 amide bonds. The van der Waals surface area contributed by atoms with Crippen LogP contribution < -0.4 is 10.6 Å². The number of nitrogens with one attached hydrogen (secondary N) is 2. The van der Waals surface area contributed by atoms with Gasteiger partial charge in [-0.05, 0) is 55.4 Å². The number of aliphatic imine (C=N–C) groups is 1. The Morgan fingerprint density at radius 2 is 1.76 bits per heavy atom. The molecule has 0 bridgehead atoms. The quantitative estimate of drug-likeness (QED) is 0.597. The summed E-state index contributed by atoms with van der Waals surface area (Å²) in [7, 11) is 1.86. The van der Waals surface area contributed by atoms with Crippen molar-refractivity contribution in [2.24, 2.45) is 22.7 Å². The Morgan fingerprint density at radius 3 is 2.33 bits per heavy atom. The van der Waals surface area contributed by atoms with Crippen LogP contribution in [0, 0.1) is 17.8 Å². The third-order valence-electron chi connectivity index (χ3n) is 4.73. The standard InChI is InChI=1S/C18H27N3/c1-19-18(20-12-11-14-5-3-2-4-6-14)21-13-17(15-7-8-15)16-9-10-16/h2-6,15-17H,7-13H2,1H3,(H2,19,20,21). The molecular weight excluding hydrogens is 258 g/mol. The monoisotopic (exact) mass is 285 g/mol. The van der Waals surface area contributed by atoms with Crippen molar-refractivity contribution in [3.8, 4) is 0 Å². The van der Waals surface area contributed by atoms with Gasteiger partial charge in [-0.25, -0.2) is 0 Å². The second-order valence-corrected chi connectivity index (χ2v) is 6.45. The highest BCUT2D eigenvalue weighted by molar-refractivity contribution is 5.79. The number of hydrogen-bond donors (Lipinski definition) is 2. The highest BCUT2D eigenvalue weighted by Crippen LogP contribution is 2.48. The summed E-state index contributed by atoms with van der Waals surface area (Å²) in [5, 5.41) is 6.97. The van der Waals surface area contributed by atoms with Crippen LogP contribution in [0.15, 0.2) is 35.3 Å². The van der Waals surface area contributed by atoms with Crippen molar-refractivity contribution >= 4 is 5.96 Å². The zero-order valence-electron chi connectivity index (χ0n) is 13.0. The van der Waals surface area contributed by atoms with Gasteiger partial charge in [0.1, 0.15) is 0 Å². The average molecular weight is 285 g/mol. The van der Waals surface area contributed by atoms with Crippen molar-refractivity contribution in [1.82, 2.24) is 10.6 Å². The van der Waals surface area contributed by atoms with Gasteiger partial charge < -0.3 is 10.6 Å². The van der Waals surface area contributed by atoms with Crippen LogP contribution in [-0.4, -0.2) is 26.1 Å². The van der Waals surface area contributed by atoms with Crippen LogP contribution in [0.25, 0.3) is 0 Å². The Bertz CT molecular complexity index is 449. The van der Waals surface area contributed by atoms with Crippen LogP contribution >= 0.6 is 0 Å². The summed E-state index contributed by atoms with van der Waals surface area (Å²) in [6.07, 6.45) is 6.83. The van der Waals surface area contributed by atoms with E-state index >= 15 is 0 Å². The molecule has 2 aliphatic rings. The lowest BCUT2D eigenvalue weighted by Gasteiger charge is -2.18. The van der Waals surface area contributed by atoms with Gasteiger partial charge in [0, 0.05) is 20.1 Å². The van der Waals surface area contributed by atoms with E-state index in [0.29, 0.717) is 0 Å².